The van der Waals surface area contributed by atoms with Gasteiger partial charge in [-0.2, -0.15) is 0 Å². The van der Waals surface area contributed by atoms with E-state index in [0.29, 0.717) is 0 Å². The first-order valence-electron chi connectivity index (χ1n) is 5.17. The van der Waals surface area contributed by atoms with Crippen LogP contribution in [0.25, 0.3) is 10.7 Å². The summed E-state index contributed by atoms with van der Waals surface area (Å²) >= 11 is 1.73. The molecule has 0 radical (unpaired) electrons. The Balaban J connectivity index is 2.09. The highest BCUT2D eigenvalue weighted by Crippen LogP contribution is 2.22. The third-order valence-corrected chi connectivity index (χ3v) is 3.10. The maximum atomic E-state index is 4.38. The Morgan fingerprint density at radius 3 is 3.20 bits per heavy atom. The van der Waals surface area contributed by atoms with Crippen molar-refractivity contribution in [2.24, 2.45) is 0 Å². The molecule has 0 saturated heterocycles. The summed E-state index contributed by atoms with van der Waals surface area (Å²) in [5.74, 6) is 1.07. The van der Waals surface area contributed by atoms with E-state index in [9.17, 15) is 0 Å². The third kappa shape index (κ3) is 2.46. The van der Waals surface area contributed by atoms with Gasteiger partial charge in [-0.3, -0.25) is 0 Å². The first kappa shape index (κ1) is 10.4. The van der Waals surface area contributed by atoms with E-state index in [4.69, 9.17) is 0 Å². The van der Waals surface area contributed by atoms with Crippen molar-refractivity contribution in [3.05, 3.63) is 29.9 Å². The second kappa shape index (κ2) is 5.09. The van der Waals surface area contributed by atoms with Gasteiger partial charge in [0.15, 0.2) is 0 Å². The molecule has 4 heteroatoms. The van der Waals surface area contributed by atoms with E-state index in [1.165, 1.54) is 4.88 Å². The summed E-state index contributed by atoms with van der Waals surface area (Å²) in [5.41, 5.74) is 0. The zero-order valence-electron chi connectivity index (χ0n) is 8.81. The van der Waals surface area contributed by atoms with Crippen LogP contribution >= 0.6 is 11.3 Å². The summed E-state index contributed by atoms with van der Waals surface area (Å²) in [4.78, 5) is 5.62. The minimum atomic E-state index is 0.973. The number of nitrogens with zero attached hydrogens (tertiary/aromatic N) is 2. The fraction of sp³-hybridized carbons (Fsp3) is 0.364. The molecule has 0 aliphatic heterocycles. The SMILES string of the molecule is CCNCCn1ccnc1-c1cccs1. The normalized spacial score (nSPS) is 10.7. The smallest absolute Gasteiger partial charge is 0.150 e. The number of aromatic nitrogens is 2. The van der Waals surface area contributed by atoms with Gasteiger partial charge >= 0.3 is 0 Å². The Morgan fingerprint density at radius 2 is 2.47 bits per heavy atom. The van der Waals surface area contributed by atoms with Crippen LogP contribution in [0.3, 0.4) is 0 Å². The lowest BCUT2D eigenvalue weighted by molar-refractivity contribution is 0.617. The van der Waals surface area contributed by atoms with Crippen LogP contribution in [-0.2, 0) is 6.54 Å². The molecule has 3 nitrogen and oxygen atoms in total. The molecule has 0 bridgehead atoms. The van der Waals surface area contributed by atoms with E-state index in [-0.39, 0.29) is 0 Å². The predicted octanol–water partition coefficient (Wildman–Crippen LogP) is 2.22. The Bertz CT molecular complexity index is 392. The van der Waals surface area contributed by atoms with Gasteiger partial charge in [0.05, 0.1) is 4.88 Å². The van der Waals surface area contributed by atoms with Crippen LogP contribution in [0.2, 0.25) is 0 Å². The fourth-order valence-corrected chi connectivity index (χ4v) is 2.23. The molecule has 0 amide bonds. The predicted molar refractivity (Wildman–Crippen MR) is 64.1 cm³/mol. The Kier molecular flexibility index (Phi) is 3.53. The Morgan fingerprint density at radius 1 is 1.53 bits per heavy atom. The van der Waals surface area contributed by atoms with E-state index >= 15 is 0 Å². The second-order valence-corrected chi connectivity index (χ2v) is 4.22. The average Bonchev–Trinajstić information content (AvgIpc) is 2.87. The molecule has 0 unspecified atom stereocenters. The summed E-state index contributed by atoms with van der Waals surface area (Å²) in [6, 6.07) is 4.17. The number of nitrogens with one attached hydrogen (secondary N) is 1. The fourth-order valence-electron chi connectivity index (χ4n) is 1.50. The van der Waals surface area contributed by atoms with E-state index in [1.54, 1.807) is 11.3 Å². The maximum Gasteiger partial charge on any atom is 0.150 e. The summed E-state index contributed by atoms with van der Waals surface area (Å²) in [5, 5.41) is 5.40. The van der Waals surface area contributed by atoms with Crippen LogP contribution in [-0.4, -0.2) is 22.6 Å². The zero-order valence-corrected chi connectivity index (χ0v) is 9.63. The Labute approximate surface area is 93.8 Å². The highest BCUT2D eigenvalue weighted by molar-refractivity contribution is 7.13. The largest absolute Gasteiger partial charge is 0.329 e. The zero-order chi connectivity index (χ0) is 10.5. The monoisotopic (exact) mass is 221 g/mol. The van der Waals surface area contributed by atoms with Crippen molar-refractivity contribution in [3.63, 3.8) is 0 Å². The molecular formula is C11H15N3S. The molecule has 1 N–H and O–H groups in total. The molecule has 0 aromatic carbocycles. The summed E-state index contributed by atoms with van der Waals surface area (Å²) in [6.07, 6.45) is 3.90. The highest BCUT2D eigenvalue weighted by Gasteiger charge is 2.05. The summed E-state index contributed by atoms with van der Waals surface area (Å²) in [7, 11) is 0. The molecule has 2 rings (SSSR count). The molecule has 0 fully saturated rings. The van der Waals surface area contributed by atoms with E-state index in [0.717, 1.165) is 25.5 Å². The van der Waals surface area contributed by atoms with Gasteiger partial charge in [0.25, 0.3) is 0 Å². The maximum absolute atomic E-state index is 4.38. The van der Waals surface area contributed by atoms with Crippen LogP contribution in [0.15, 0.2) is 29.9 Å². The molecular weight excluding hydrogens is 206 g/mol. The molecule has 15 heavy (non-hydrogen) atoms. The van der Waals surface area contributed by atoms with Crippen LogP contribution in [0.1, 0.15) is 6.92 Å². The number of hydrogen-bond acceptors (Lipinski definition) is 3. The first-order valence-corrected chi connectivity index (χ1v) is 6.05. The molecule has 0 aliphatic carbocycles. The molecule has 80 valence electrons. The number of likely N-dealkylation sites (N-methyl/N-ethyl adjacent to an activating group) is 1. The molecule has 0 saturated carbocycles. The molecule has 0 atom stereocenters. The van der Waals surface area contributed by atoms with E-state index in [2.05, 4.69) is 39.3 Å². The van der Waals surface area contributed by atoms with Crippen LogP contribution in [0.4, 0.5) is 0 Å². The lowest BCUT2D eigenvalue weighted by Gasteiger charge is -2.06. The first-order chi connectivity index (χ1) is 7.42. The number of imidazole rings is 1. The Hall–Kier alpha value is -1.13. The molecule has 2 aromatic rings. The van der Waals surface area contributed by atoms with Crippen molar-refractivity contribution >= 4 is 11.3 Å². The topological polar surface area (TPSA) is 29.9 Å². The lowest BCUT2D eigenvalue weighted by atomic mass is 10.4. The van der Waals surface area contributed by atoms with Crippen LogP contribution in [0.5, 0.6) is 0 Å². The van der Waals surface area contributed by atoms with Gasteiger partial charge in [-0.1, -0.05) is 13.0 Å². The average molecular weight is 221 g/mol. The summed E-state index contributed by atoms with van der Waals surface area (Å²) in [6.45, 7) is 5.10. The minimum absolute atomic E-state index is 0.973. The minimum Gasteiger partial charge on any atom is -0.329 e. The van der Waals surface area contributed by atoms with Gasteiger partial charge in [-0.25, -0.2) is 4.98 Å². The number of rotatable bonds is 5. The van der Waals surface area contributed by atoms with Crippen molar-refractivity contribution in [1.82, 2.24) is 14.9 Å². The van der Waals surface area contributed by atoms with Gasteiger partial charge in [-0.05, 0) is 18.0 Å². The highest BCUT2D eigenvalue weighted by atomic mass is 32.1. The number of hydrogen-bond donors (Lipinski definition) is 1. The van der Waals surface area contributed by atoms with Crippen molar-refractivity contribution in [2.45, 2.75) is 13.5 Å². The standard InChI is InChI=1S/C11H15N3S/c1-2-12-5-7-14-8-6-13-11(14)10-4-3-9-15-10/h3-4,6,8-9,12H,2,5,7H2,1H3. The molecule has 0 spiro atoms. The van der Waals surface area contributed by atoms with E-state index in [1.807, 2.05) is 12.4 Å². The van der Waals surface area contributed by atoms with Crippen molar-refractivity contribution in [2.75, 3.05) is 13.1 Å². The van der Waals surface area contributed by atoms with Crippen molar-refractivity contribution in [1.29, 1.82) is 0 Å². The summed E-state index contributed by atoms with van der Waals surface area (Å²) < 4.78 is 2.19. The molecule has 0 aliphatic rings. The van der Waals surface area contributed by atoms with Gasteiger partial charge in [0.2, 0.25) is 0 Å². The van der Waals surface area contributed by atoms with Crippen LogP contribution < -0.4 is 5.32 Å². The lowest BCUT2D eigenvalue weighted by Crippen LogP contribution is -2.19. The van der Waals surface area contributed by atoms with Gasteiger partial charge in [0, 0.05) is 25.5 Å². The van der Waals surface area contributed by atoms with Gasteiger partial charge < -0.3 is 9.88 Å². The number of thiophene rings is 1. The van der Waals surface area contributed by atoms with Crippen LogP contribution in [0, 0.1) is 0 Å². The van der Waals surface area contributed by atoms with Crippen molar-refractivity contribution in [3.8, 4) is 10.7 Å². The second-order valence-electron chi connectivity index (χ2n) is 3.28. The molecule has 2 heterocycles. The van der Waals surface area contributed by atoms with E-state index < -0.39 is 0 Å². The third-order valence-electron chi connectivity index (χ3n) is 2.24. The van der Waals surface area contributed by atoms with Gasteiger partial charge in [0.1, 0.15) is 5.82 Å². The quantitative estimate of drug-likeness (QED) is 0.785. The molecule has 2 aromatic heterocycles. The van der Waals surface area contributed by atoms with Crippen molar-refractivity contribution < 1.29 is 0 Å². The van der Waals surface area contributed by atoms with Gasteiger partial charge in [-0.15, -0.1) is 11.3 Å².